The molecular weight excluding hydrogens is 632 g/mol. The molecule has 7 saturated heterocycles. The van der Waals surface area contributed by atoms with Gasteiger partial charge in [0, 0.05) is 0 Å². The summed E-state index contributed by atoms with van der Waals surface area (Å²) in [5, 5.41) is 4.41. The van der Waals surface area contributed by atoms with Gasteiger partial charge in [0.25, 0.3) is 0 Å². The van der Waals surface area contributed by atoms with E-state index in [1.807, 2.05) is 0 Å². The van der Waals surface area contributed by atoms with Gasteiger partial charge in [-0.2, -0.15) is 0 Å². The fraction of sp³-hybridized carbons (Fsp3) is 0.0270. The number of nitrogens with zero attached hydrogens (tertiary/aromatic N) is 1. The van der Waals surface area contributed by atoms with Gasteiger partial charge in [-0.15, -0.1) is 0 Å². The van der Waals surface area contributed by atoms with Crippen molar-refractivity contribution in [3.8, 4) is 5.69 Å². The zero-order valence-electron chi connectivity index (χ0n) is 27.3. The first-order valence-corrected chi connectivity index (χ1v) is 23.4. The Bertz CT molecular complexity index is 2770. The molecule has 6 aromatic carbocycles. The van der Waals surface area contributed by atoms with Gasteiger partial charge in [0.15, 0.2) is 0 Å². The van der Waals surface area contributed by atoms with Gasteiger partial charge in [-0.25, -0.2) is 0 Å². The fourth-order valence-corrected chi connectivity index (χ4v) is 32.1. The Morgan fingerprint density at radius 1 is 0.660 bits per heavy atom. The van der Waals surface area contributed by atoms with Crippen LogP contribution in [0.4, 0.5) is 0 Å². The molecule has 16 rings (SSSR count). The summed E-state index contributed by atoms with van der Waals surface area (Å²) in [6, 6.07) is 54.2. The molecule has 5 radical (unpaired) electrons. The number of rotatable bonds is 5. The summed E-state index contributed by atoms with van der Waals surface area (Å²) >= 11 is 0. The van der Waals surface area contributed by atoms with E-state index in [9.17, 15) is 0 Å². The molecule has 221 valence electrons. The minimum absolute atomic E-state index is 0.170. The Kier molecular flexibility index (Phi) is 3.96. The normalized spacial score (nSPS) is 24.5. The Morgan fingerprint density at radius 2 is 1.36 bits per heavy atom. The van der Waals surface area contributed by atoms with Gasteiger partial charge in [-0.3, -0.25) is 0 Å². The van der Waals surface area contributed by atoms with Crippen LogP contribution in [0, 0.1) is 0 Å². The van der Waals surface area contributed by atoms with E-state index in [0.717, 1.165) is 31.1 Å². The van der Waals surface area contributed by atoms with E-state index in [2.05, 4.69) is 165 Å². The Balaban J connectivity index is 1.10. The molecule has 9 aliphatic rings. The molecular formula is C37H24B9N2P2-2. The van der Waals surface area contributed by atoms with E-state index in [-0.39, 0.29) is 6.71 Å². The second kappa shape index (κ2) is 7.52. The number of hydrogen-bond acceptors (Lipinski definition) is 1. The van der Waals surface area contributed by atoms with Crippen molar-refractivity contribution in [1.82, 2.24) is 9.42 Å². The van der Waals surface area contributed by atoms with Crippen LogP contribution in [-0.2, 0) is 5.41 Å². The Labute approximate surface area is 295 Å². The molecule has 10 heterocycles. The number of benzene rings is 6. The van der Waals surface area contributed by atoms with Crippen molar-refractivity contribution in [1.29, 1.82) is 0 Å². The van der Waals surface area contributed by atoms with Crippen molar-refractivity contribution in [3.63, 3.8) is 0 Å². The molecule has 13 heteroatoms. The summed E-state index contributed by atoms with van der Waals surface area (Å²) in [6.07, 6.45) is 0.709. The van der Waals surface area contributed by atoms with Crippen molar-refractivity contribution in [2.45, 2.75) is 5.41 Å². The Hall–Kier alpha value is -3.48. The summed E-state index contributed by atoms with van der Waals surface area (Å²) in [5.41, 5.74) is 13.6. The molecule has 9 aliphatic heterocycles. The van der Waals surface area contributed by atoms with Crippen LogP contribution < -0.4 is 26.6 Å². The van der Waals surface area contributed by atoms with E-state index in [1.54, 1.807) is 5.30 Å². The van der Waals surface area contributed by atoms with Gasteiger partial charge in [-0.1, -0.05) is 0 Å². The standard InChI is InChI=1S/C37H24B9N2P2/c1-3-11-24(12-4-1)37(25-13-5-2-6-14-25)29-22-21-26(49(42-38-43(49)46(42)49)47-50-39-44(50)45(50)40-50)23-32(29)41-31-18-9-16-28-27-15-7-8-19-33(27)48(36(28)31)34-20-10-17-30(37)35(34)41/h1-23,47H/q-2. The molecule has 7 fully saturated rings. The quantitative estimate of drug-likeness (QED) is 0.221. The van der Waals surface area contributed by atoms with Crippen LogP contribution in [0.1, 0.15) is 22.3 Å². The molecule has 2 nitrogen and oxygen atoms in total. The first-order valence-electron chi connectivity index (χ1n) is 18.5. The topological polar surface area (TPSA) is 17.0 Å². The summed E-state index contributed by atoms with van der Waals surface area (Å²) in [6.45, 7) is 5.70. The van der Waals surface area contributed by atoms with Crippen LogP contribution in [0.5, 0.6) is 0 Å². The second-order valence-electron chi connectivity index (χ2n) is 16.8. The van der Waals surface area contributed by atoms with Gasteiger partial charge in [0.05, 0.1) is 0 Å². The third-order valence-electron chi connectivity index (χ3n) is 15.5. The van der Waals surface area contributed by atoms with Crippen molar-refractivity contribution in [2.24, 2.45) is 0 Å². The van der Waals surface area contributed by atoms with E-state index in [0.29, 0.717) is 0 Å². The third-order valence-corrected chi connectivity index (χ3v) is 29.9. The molecule has 2 bridgehead atoms. The van der Waals surface area contributed by atoms with E-state index >= 15 is 0 Å². The van der Waals surface area contributed by atoms with Crippen molar-refractivity contribution < 1.29 is 0 Å². The van der Waals surface area contributed by atoms with Crippen molar-refractivity contribution in [2.75, 3.05) is 0 Å². The predicted molar refractivity (Wildman–Crippen MR) is 226 cm³/mol. The van der Waals surface area contributed by atoms with Crippen LogP contribution in [-0.4, -0.2) is 63.2 Å². The zero-order valence-corrected chi connectivity index (χ0v) is 29.1. The van der Waals surface area contributed by atoms with Crippen molar-refractivity contribution in [3.05, 3.63) is 162 Å². The number of aromatic nitrogens is 1. The maximum atomic E-state index is 4.74. The summed E-state index contributed by atoms with van der Waals surface area (Å²) in [4.78, 5) is 4.74. The zero-order chi connectivity index (χ0) is 32.0. The number of nitrogens with one attached hydrogen (secondary N) is 1. The number of fused-ring (bicyclic) bond motifs is 8. The maximum absolute atomic E-state index is 4.74. The molecule has 7 aromatic rings. The van der Waals surface area contributed by atoms with Gasteiger partial charge < -0.3 is 0 Å². The first-order chi connectivity index (χ1) is 24.7. The van der Waals surface area contributed by atoms with E-state index in [1.165, 1.54) is 66.1 Å². The predicted octanol–water partition coefficient (Wildman–Crippen LogP) is 3.66. The van der Waals surface area contributed by atoms with Crippen LogP contribution >= 0.6 is 12.7 Å². The number of para-hydroxylation sites is 2. The van der Waals surface area contributed by atoms with Crippen LogP contribution in [0.15, 0.2) is 140 Å². The van der Waals surface area contributed by atoms with E-state index < -0.39 is 18.1 Å². The Morgan fingerprint density at radius 3 is 2.04 bits per heavy atom. The van der Waals surface area contributed by atoms with Crippen LogP contribution in [0.3, 0.4) is 0 Å². The van der Waals surface area contributed by atoms with Gasteiger partial charge in [0.1, 0.15) is 0 Å². The first kappa shape index (κ1) is 26.3. The SMILES string of the molecule is [B]1B2B3[B-]P123NP12(c3ccc4c(c3)B3c5c(cccc5C4(c4ccccc4)c4ccccc4)-n4c5ccccc5c5cccc3c54)B3[B-]B1B32. The molecule has 0 atom stereocenters. The van der Waals surface area contributed by atoms with Gasteiger partial charge in [-0.05, 0) is 0 Å². The minimum atomic E-state index is -2.11. The second-order valence-corrected chi connectivity index (χ2v) is 27.2. The molecule has 0 amide bonds. The third kappa shape index (κ3) is 2.32. The van der Waals surface area contributed by atoms with Gasteiger partial charge in [0.2, 0.25) is 0 Å². The average molecular weight is 656 g/mol. The van der Waals surface area contributed by atoms with Crippen LogP contribution in [0.2, 0.25) is 0 Å². The molecule has 0 aliphatic carbocycles. The molecule has 0 unspecified atom stereocenters. The van der Waals surface area contributed by atoms with Crippen LogP contribution in [0.25, 0.3) is 27.5 Å². The monoisotopic (exact) mass is 657 g/mol. The molecule has 0 saturated carbocycles. The fourth-order valence-electron chi connectivity index (χ4n) is 12.9. The van der Waals surface area contributed by atoms with Gasteiger partial charge >= 0.3 is 297 Å². The summed E-state index contributed by atoms with van der Waals surface area (Å²) in [5.74, 6) is 0. The average Bonchev–Trinajstić information content (AvgIpc) is 4.12. The summed E-state index contributed by atoms with van der Waals surface area (Å²) < 4.78 is 2.60. The van der Waals surface area contributed by atoms with E-state index in [4.69, 9.17) is 4.86 Å². The molecule has 1 aromatic heterocycles. The molecule has 50 heavy (non-hydrogen) atoms. The molecule has 1 N–H and O–H groups in total. The van der Waals surface area contributed by atoms with Crippen molar-refractivity contribution >= 4 is 115 Å². The number of hydrogen-bond donors (Lipinski definition) is 1. The molecule has 1 spiro atoms. The summed E-state index contributed by atoms with van der Waals surface area (Å²) in [7, 11) is 2.72.